The van der Waals surface area contributed by atoms with Crippen LogP contribution in [0.1, 0.15) is 12.3 Å². The van der Waals surface area contributed by atoms with Gasteiger partial charge in [0.15, 0.2) is 0 Å². The van der Waals surface area contributed by atoms with Crippen LogP contribution < -0.4 is 0 Å². The zero-order valence-corrected chi connectivity index (χ0v) is 25.1. The van der Waals surface area contributed by atoms with Gasteiger partial charge in [-0.1, -0.05) is 109 Å². The van der Waals surface area contributed by atoms with Crippen LogP contribution in [0.3, 0.4) is 0 Å². The molecule has 4 nitrogen and oxygen atoms in total. The molecule has 218 valence electrons. The van der Waals surface area contributed by atoms with Gasteiger partial charge in [0.1, 0.15) is 11.2 Å². The number of furan rings is 1. The van der Waals surface area contributed by atoms with Gasteiger partial charge < -0.3 is 4.42 Å². The summed E-state index contributed by atoms with van der Waals surface area (Å²) < 4.78 is 90.1. The van der Waals surface area contributed by atoms with Crippen molar-refractivity contribution in [3.05, 3.63) is 139 Å². The highest BCUT2D eigenvalue weighted by molar-refractivity contribution is 7.26. The lowest BCUT2D eigenvalue weighted by Gasteiger charge is -2.12. The summed E-state index contributed by atoms with van der Waals surface area (Å²) in [7, 11) is 0. The molecule has 0 aliphatic heterocycles. The Morgan fingerprint density at radius 3 is 2.38 bits per heavy atom. The van der Waals surface area contributed by atoms with Gasteiger partial charge in [-0.25, -0.2) is 9.97 Å². The van der Waals surface area contributed by atoms with Crippen LogP contribution in [0.4, 0.5) is 0 Å². The van der Waals surface area contributed by atoms with Crippen LogP contribution in [-0.4, -0.2) is 14.5 Å². The van der Waals surface area contributed by atoms with Gasteiger partial charge in [-0.2, -0.15) is 0 Å². The molecule has 0 saturated carbocycles. The van der Waals surface area contributed by atoms with E-state index in [0.717, 1.165) is 42.0 Å². The van der Waals surface area contributed by atoms with E-state index >= 15 is 0 Å². The number of thiophene rings is 1. The van der Waals surface area contributed by atoms with E-state index in [0.29, 0.717) is 16.9 Å². The van der Waals surface area contributed by atoms with Crippen LogP contribution in [0, 0.1) is 0 Å². The van der Waals surface area contributed by atoms with Crippen molar-refractivity contribution < 1.29 is 16.8 Å². The summed E-state index contributed by atoms with van der Waals surface area (Å²) in [6.45, 7) is 0. The average molecular weight is 627 g/mol. The van der Waals surface area contributed by atoms with Crippen LogP contribution in [0.5, 0.6) is 0 Å². The third-order valence-corrected chi connectivity index (χ3v) is 10.1. The summed E-state index contributed by atoms with van der Waals surface area (Å²) in [6.07, 6.45) is 0. The van der Waals surface area contributed by atoms with Gasteiger partial charge in [0.2, 0.25) is 5.95 Å². The lowest BCUT2D eigenvalue weighted by atomic mass is 9.99. The van der Waals surface area contributed by atoms with E-state index in [1.54, 1.807) is 17.4 Å². The van der Waals surface area contributed by atoms with Gasteiger partial charge in [-0.05, 0) is 35.7 Å². The quantitative estimate of drug-likeness (QED) is 0.192. The second-order valence-electron chi connectivity index (χ2n) is 11.4. The number of benzene rings is 7. The minimum absolute atomic E-state index is 0.00683. The predicted octanol–water partition coefficient (Wildman–Crippen LogP) is 11.8. The predicted molar refractivity (Wildman–Crippen MR) is 197 cm³/mol. The lowest BCUT2D eigenvalue weighted by Crippen LogP contribution is -2.03. The molecule has 0 aliphatic carbocycles. The second-order valence-corrected chi connectivity index (χ2v) is 12.5. The molecule has 0 bridgehead atoms. The lowest BCUT2D eigenvalue weighted by molar-refractivity contribution is 0.673. The Kier molecular flexibility index (Phi) is 3.58. The highest BCUT2D eigenvalue weighted by Crippen LogP contribution is 2.44. The fraction of sp³-hybridized carbons (Fsp3) is 0. The molecule has 11 rings (SSSR count). The van der Waals surface area contributed by atoms with Crippen LogP contribution >= 0.6 is 11.3 Å². The standard InChI is InChI=1S/C42H23N3OS/c1-2-11-25-24(10-1)20-21-32-37-31(15-9-18-35(37)46-40(25)32)38-30-14-3-6-16-33(30)43-42(44-38)45-34-17-7-4-12-26(34)28-22-23-29-27-13-5-8-19-36(27)47-41(29)39(28)45/h1-23H/i1D,2D,9D,10D,11D,15D,18D,20D,21D. The normalized spacial score (nSPS) is 14.9. The van der Waals surface area contributed by atoms with E-state index in [9.17, 15) is 2.74 Å². The highest BCUT2D eigenvalue weighted by Gasteiger charge is 2.22. The Labute approximate surface area is 284 Å². The molecule has 11 aromatic rings. The van der Waals surface area contributed by atoms with E-state index in [1.165, 1.54) is 0 Å². The smallest absolute Gasteiger partial charge is 0.235 e. The number of hydrogen-bond acceptors (Lipinski definition) is 4. The summed E-state index contributed by atoms with van der Waals surface area (Å²) in [6, 6.07) is 23.7. The minimum atomic E-state index is -0.549. The molecule has 5 heteroatoms. The molecule has 4 heterocycles. The highest BCUT2D eigenvalue weighted by atomic mass is 32.1. The summed E-state index contributed by atoms with van der Waals surface area (Å²) in [5.74, 6) is 0.295. The molecule has 47 heavy (non-hydrogen) atoms. The third-order valence-electron chi connectivity index (χ3n) is 8.96. The molecular formula is C42H23N3OS. The molecule has 7 aromatic carbocycles. The summed E-state index contributed by atoms with van der Waals surface area (Å²) in [5.41, 5.74) is 2.34. The summed E-state index contributed by atoms with van der Waals surface area (Å²) in [4.78, 5) is 10.3. The van der Waals surface area contributed by atoms with Crippen molar-refractivity contribution in [3.8, 4) is 17.2 Å². The first-order chi connectivity index (χ1) is 27.1. The number of nitrogens with zero attached hydrogens (tertiary/aromatic N) is 3. The zero-order chi connectivity index (χ0) is 38.5. The Morgan fingerprint density at radius 2 is 1.43 bits per heavy atom. The monoisotopic (exact) mass is 626 g/mol. The Hall–Kier alpha value is -6.04. The molecule has 0 fully saturated rings. The first-order valence-corrected chi connectivity index (χ1v) is 15.8. The van der Waals surface area contributed by atoms with Gasteiger partial charge in [0.05, 0.1) is 39.3 Å². The van der Waals surface area contributed by atoms with Crippen LogP contribution in [0.15, 0.2) is 144 Å². The Balaban J connectivity index is 1.33. The zero-order valence-electron chi connectivity index (χ0n) is 33.2. The van der Waals surface area contributed by atoms with Gasteiger partial charge >= 0.3 is 0 Å². The molecule has 0 unspecified atom stereocenters. The number of fused-ring (bicyclic) bond motifs is 13. The SMILES string of the molecule is [2H]c1c([2H])c(-c2nc(-n3c4ccccc4c4ccc5c6ccccc6sc5c43)nc3ccccc23)c2c(oc3c4c([2H])c([2H])c([2H])c([2H])c4c([2H])c([2H])c32)c1[2H]. The second kappa shape index (κ2) is 9.25. The largest absolute Gasteiger partial charge is 0.455 e. The van der Waals surface area contributed by atoms with Crippen LogP contribution in [-0.2, 0) is 0 Å². The van der Waals surface area contributed by atoms with E-state index in [4.69, 9.17) is 24.0 Å². The number of aromatic nitrogens is 3. The van der Waals surface area contributed by atoms with Gasteiger partial charge in [-0.15, -0.1) is 11.3 Å². The van der Waals surface area contributed by atoms with Crippen LogP contribution in [0.25, 0.3) is 103 Å². The first kappa shape index (κ1) is 18.2. The minimum Gasteiger partial charge on any atom is -0.455 e. The van der Waals surface area contributed by atoms with E-state index < -0.39 is 48.3 Å². The molecular weight excluding hydrogens is 595 g/mol. The maximum atomic E-state index is 9.40. The van der Waals surface area contributed by atoms with Crippen molar-refractivity contribution >= 4 is 96.9 Å². The third kappa shape index (κ3) is 3.41. The van der Waals surface area contributed by atoms with Gasteiger partial charge in [0, 0.05) is 53.4 Å². The number of hydrogen-bond donors (Lipinski definition) is 0. The molecule has 0 amide bonds. The topological polar surface area (TPSA) is 43.9 Å². The van der Waals surface area contributed by atoms with Crippen molar-refractivity contribution in [2.45, 2.75) is 0 Å². The van der Waals surface area contributed by atoms with Gasteiger partial charge in [-0.3, -0.25) is 4.57 Å². The van der Waals surface area contributed by atoms with Crippen molar-refractivity contribution in [2.75, 3.05) is 0 Å². The Morgan fingerprint density at radius 1 is 0.617 bits per heavy atom. The van der Waals surface area contributed by atoms with E-state index in [-0.39, 0.29) is 50.0 Å². The number of para-hydroxylation sites is 2. The maximum Gasteiger partial charge on any atom is 0.235 e. The van der Waals surface area contributed by atoms with Crippen molar-refractivity contribution in [1.29, 1.82) is 0 Å². The van der Waals surface area contributed by atoms with Crippen LogP contribution in [0.2, 0.25) is 0 Å². The first-order valence-electron chi connectivity index (χ1n) is 19.5. The molecule has 0 saturated heterocycles. The molecule has 0 spiro atoms. The fourth-order valence-electron chi connectivity index (χ4n) is 6.94. The van der Waals surface area contributed by atoms with E-state index in [1.807, 2.05) is 53.1 Å². The van der Waals surface area contributed by atoms with Crippen molar-refractivity contribution in [3.63, 3.8) is 0 Å². The maximum absolute atomic E-state index is 9.40. The number of rotatable bonds is 2. The molecule has 0 atom stereocenters. The summed E-state index contributed by atoms with van der Waals surface area (Å²) >= 11 is 1.68. The van der Waals surface area contributed by atoms with Crippen molar-refractivity contribution in [2.24, 2.45) is 0 Å². The fourth-order valence-corrected chi connectivity index (χ4v) is 8.18. The molecule has 4 aromatic heterocycles. The molecule has 0 aliphatic rings. The van der Waals surface area contributed by atoms with Gasteiger partial charge in [0.25, 0.3) is 0 Å². The molecule has 0 radical (unpaired) electrons. The Bertz CT molecular complexity index is 3610. The van der Waals surface area contributed by atoms with E-state index in [2.05, 4.69) is 30.3 Å². The van der Waals surface area contributed by atoms with Crippen molar-refractivity contribution in [1.82, 2.24) is 14.5 Å². The average Bonchev–Trinajstić information content (AvgIpc) is 3.90. The summed E-state index contributed by atoms with van der Waals surface area (Å²) in [5, 5.41) is 4.54. The molecule has 0 N–H and O–H groups in total.